The third-order valence-electron chi connectivity index (χ3n) is 1.84. The summed E-state index contributed by atoms with van der Waals surface area (Å²) in [6.07, 6.45) is 1.74. The molecule has 0 N–H and O–H groups in total. The van der Waals surface area contributed by atoms with Gasteiger partial charge in [-0.3, -0.25) is 4.98 Å². The first-order chi connectivity index (χ1) is 6.56. The Morgan fingerprint density at radius 1 is 1.36 bits per heavy atom. The topological polar surface area (TPSA) is 36.7 Å². The average Bonchev–Trinajstić information content (AvgIpc) is 2.21. The Morgan fingerprint density at radius 3 is 2.36 bits per heavy atom. The summed E-state index contributed by atoms with van der Waals surface area (Å²) >= 11 is 0. The summed E-state index contributed by atoms with van der Waals surface area (Å²) in [5.41, 5.74) is 1.50. The van der Waals surface area contributed by atoms with Crippen LogP contribution in [0.3, 0.4) is 0 Å². The number of nitriles is 1. The predicted molar refractivity (Wildman–Crippen MR) is 59.0 cm³/mol. The Balaban J connectivity index is 0.000000791. The van der Waals surface area contributed by atoms with Crippen molar-refractivity contribution in [3.8, 4) is 6.07 Å². The van der Waals surface area contributed by atoms with E-state index in [9.17, 15) is 0 Å². The lowest BCUT2D eigenvalue weighted by atomic mass is 9.90. The van der Waals surface area contributed by atoms with Crippen LogP contribution in [0.1, 0.15) is 39.0 Å². The quantitative estimate of drug-likeness (QED) is 0.681. The van der Waals surface area contributed by atoms with Crippen molar-refractivity contribution in [2.75, 3.05) is 0 Å². The third kappa shape index (κ3) is 3.18. The third-order valence-corrected chi connectivity index (χ3v) is 1.84. The predicted octanol–water partition coefficient (Wildman–Crippen LogP) is 3.22. The van der Waals surface area contributed by atoms with Gasteiger partial charge in [-0.15, -0.1) is 0 Å². The highest BCUT2D eigenvalue weighted by atomic mass is 14.7. The summed E-state index contributed by atoms with van der Waals surface area (Å²) in [5.74, 6) is 0. The Morgan fingerprint density at radius 2 is 1.93 bits per heavy atom. The van der Waals surface area contributed by atoms with Gasteiger partial charge >= 0.3 is 0 Å². The molecule has 0 radical (unpaired) electrons. The molecule has 2 heteroatoms. The maximum atomic E-state index is 8.85. The van der Waals surface area contributed by atoms with Crippen LogP contribution in [-0.2, 0) is 5.41 Å². The Kier molecular flexibility index (Phi) is 4.86. The number of aromatic nitrogens is 1. The molecule has 0 unspecified atom stereocenters. The second-order valence-electron chi connectivity index (χ2n) is 3.46. The molecule has 0 saturated carbocycles. The molecule has 0 aliphatic rings. The van der Waals surface area contributed by atoms with Crippen molar-refractivity contribution in [3.05, 3.63) is 29.6 Å². The van der Waals surface area contributed by atoms with Crippen LogP contribution in [0.4, 0.5) is 0 Å². The molecule has 0 aromatic carbocycles. The molecule has 0 amide bonds. The monoisotopic (exact) mass is 190 g/mol. The van der Waals surface area contributed by atoms with Crippen molar-refractivity contribution in [3.63, 3.8) is 0 Å². The van der Waals surface area contributed by atoms with E-state index in [0.717, 1.165) is 11.3 Å². The van der Waals surface area contributed by atoms with E-state index in [1.807, 2.05) is 46.8 Å². The Hall–Kier alpha value is -1.36. The fourth-order valence-corrected chi connectivity index (χ4v) is 0.935. The minimum Gasteiger partial charge on any atom is -0.260 e. The van der Waals surface area contributed by atoms with Crippen LogP contribution in [0.2, 0.25) is 0 Å². The summed E-state index contributed by atoms with van der Waals surface area (Å²) < 4.78 is 0. The van der Waals surface area contributed by atoms with Gasteiger partial charge in [0.25, 0.3) is 0 Å². The minimum absolute atomic E-state index is 0.480. The van der Waals surface area contributed by atoms with Gasteiger partial charge in [0, 0.05) is 6.20 Å². The Bertz CT molecular complexity index is 321. The maximum absolute atomic E-state index is 8.85. The SMILES string of the molecule is CC.Cc1ccnc(C(C)(C)C#N)c1. The van der Waals surface area contributed by atoms with E-state index in [-0.39, 0.29) is 0 Å². The summed E-state index contributed by atoms with van der Waals surface area (Å²) in [5, 5.41) is 8.85. The van der Waals surface area contributed by atoms with Gasteiger partial charge in [0.1, 0.15) is 0 Å². The zero-order valence-corrected chi connectivity index (χ0v) is 9.63. The summed E-state index contributed by atoms with van der Waals surface area (Å²) in [4.78, 5) is 4.16. The number of hydrogen-bond acceptors (Lipinski definition) is 2. The van der Waals surface area contributed by atoms with Gasteiger partial charge in [-0.2, -0.15) is 5.26 Å². The second-order valence-corrected chi connectivity index (χ2v) is 3.46. The summed E-state index contributed by atoms with van der Waals surface area (Å²) in [6, 6.07) is 6.10. The highest BCUT2D eigenvalue weighted by molar-refractivity contribution is 5.26. The highest BCUT2D eigenvalue weighted by Gasteiger charge is 2.20. The van der Waals surface area contributed by atoms with Crippen molar-refractivity contribution < 1.29 is 0 Å². The van der Waals surface area contributed by atoms with Crippen LogP contribution in [0.5, 0.6) is 0 Å². The minimum atomic E-state index is -0.480. The van der Waals surface area contributed by atoms with Crippen LogP contribution in [0.25, 0.3) is 0 Å². The first-order valence-electron chi connectivity index (χ1n) is 4.90. The van der Waals surface area contributed by atoms with Crippen LogP contribution < -0.4 is 0 Å². The molecule has 0 atom stereocenters. The van der Waals surface area contributed by atoms with E-state index in [0.29, 0.717) is 0 Å². The lowest BCUT2D eigenvalue weighted by molar-refractivity contribution is 0.658. The van der Waals surface area contributed by atoms with Crippen LogP contribution in [-0.4, -0.2) is 4.98 Å². The first-order valence-corrected chi connectivity index (χ1v) is 4.90. The standard InChI is InChI=1S/C10H12N2.C2H6/c1-8-4-5-12-9(6-8)10(2,3)7-11;1-2/h4-6H,1-3H3;1-2H3. The van der Waals surface area contributed by atoms with Gasteiger partial charge in [0.05, 0.1) is 17.2 Å². The van der Waals surface area contributed by atoms with E-state index >= 15 is 0 Å². The molecule has 0 fully saturated rings. The van der Waals surface area contributed by atoms with Crippen molar-refractivity contribution in [2.45, 2.75) is 40.0 Å². The van der Waals surface area contributed by atoms with Crippen LogP contribution in [0.15, 0.2) is 18.3 Å². The molecule has 1 rings (SSSR count). The van der Waals surface area contributed by atoms with E-state index in [2.05, 4.69) is 11.1 Å². The highest BCUT2D eigenvalue weighted by Crippen LogP contribution is 2.19. The Labute approximate surface area is 86.6 Å². The average molecular weight is 190 g/mol. The number of aryl methyl sites for hydroxylation is 1. The molecule has 0 aliphatic carbocycles. The smallest absolute Gasteiger partial charge is 0.0937 e. The summed E-state index contributed by atoms with van der Waals surface area (Å²) in [7, 11) is 0. The number of nitrogens with zero attached hydrogens (tertiary/aromatic N) is 2. The van der Waals surface area contributed by atoms with Gasteiger partial charge in [0.15, 0.2) is 0 Å². The lowest BCUT2D eigenvalue weighted by Crippen LogP contribution is -2.15. The van der Waals surface area contributed by atoms with E-state index in [1.165, 1.54) is 0 Å². The van der Waals surface area contributed by atoms with Crippen molar-refractivity contribution in [2.24, 2.45) is 0 Å². The molecule has 0 saturated heterocycles. The molecule has 2 nitrogen and oxygen atoms in total. The molecule has 0 aliphatic heterocycles. The largest absolute Gasteiger partial charge is 0.260 e. The molecular formula is C12H18N2. The normalized spacial score (nSPS) is 9.71. The fourth-order valence-electron chi connectivity index (χ4n) is 0.935. The van der Waals surface area contributed by atoms with Gasteiger partial charge in [-0.25, -0.2) is 0 Å². The van der Waals surface area contributed by atoms with Gasteiger partial charge in [-0.1, -0.05) is 13.8 Å². The maximum Gasteiger partial charge on any atom is 0.0937 e. The second kappa shape index (κ2) is 5.39. The molecular weight excluding hydrogens is 172 g/mol. The molecule has 76 valence electrons. The first kappa shape index (κ1) is 12.6. The number of pyridine rings is 1. The van der Waals surface area contributed by atoms with Crippen LogP contribution in [0, 0.1) is 18.3 Å². The molecule has 14 heavy (non-hydrogen) atoms. The van der Waals surface area contributed by atoms with Gasteiger partial charge in [-0.05, 0) is 38.5 Å². The lowest BCUT2D eigenvalue weighted by Gasteiger charge is -2.14. The molecule has 1 aromatic rings. The zero-order valence-electron chi connectivity index (χ0n) is 9.63. The van der Waals surface area contributed by atoms with E-state index < -0.39 is 5.41 Å². The summed E-state index contributed by atoms with van der Waals surface area (Å²) in [6.45, 7) is 9.74. The van der Waals surface area contributed by atoms with E-state index in [4.69, 9.17) is 5.26 Å². The van der Waals surface area contributed by atoms with Gasteiger partial charge in [0.2, 0.25) is 0 Å². The van der Waals surface area contributed by atoms with Gasteiger partial charge < -0.3 is 0 Å². The number of hydrogen-bond donors (Lipinski definition) is 0. The van der Waals surface area contributed by atoms with E-state index in [1.54, 1.807) is 6.20 Å². The van der Waals surface area contributed by atoms with Crippen molar-refractivity contribution >= 4 is 0 Å². The fraction of sp³-hybridized carbons (Fsp3) is 0.500. The molecule has 1 aromatic heterocycles. The van der Waals surface area contributed by atoms with Crippen LogP contribution >= 0.6 is 0 Å². The zero-order chi connectivity index (χ0) is 11.2. The van der Waals surface area contributed by atoms with Crippen molar-refractivity contribution in [1.82, 2.24) is 4.98 Å². The van der Waals surface area contributed by atoms with Crippen molar-refractivity contribution in [1.29, 1.82) is 5.26 Å². The molecule has 0 bridgehead atoms. The number of rotatable bonds is 1. The molecule has 1 heterocycles. The molecule has 0 spiro atoms.